The lowest BCUT2D eigenvalue weighted by molar-refractivity contribution is 0.0450. The van der Waals surface area contributed by atoms with Crippen LogP contribution in [0.5, 0.6) is 5.75 Å². The number of hydrogen-bond acceptors (Lipinski definition) is 6. The quantitative estimate of drug-likeness (QED) is 0.531. The maximum atomic E-state index is 12.9. The molecule has 0 unspecified atom stereocenters. The second kappa shape index (κ2) is 8.43. The average molecular weight is 432 g/mol. The van der Waals surface area contributed by atoms with Crippen LogP contribution in [0.1, 0.15) is 36.0 Å². The summed E-state index contributed by atoms with van der Waals surface area (Å²) < 4.78 is 52.7. The van der Waals surface area contributed by atoms with Crippen molar-refractivity contribution < 1.29 is 27.1 Å². The van der Waals surface area contributed by atoms with E-state index in [-0.39, 0.29) is 29.5 Å². The van der Waals surface area contributed by atoms with Gasteiger partial charge in [-0.2, -0.15) is 8.42 Å². The first-order chi connectivity index (χ1) is 14.4. The van der Waals surface area contributed by atoms with E-state index in [1.165, 1.54) is 30.3 Å². The SMILES string of the molecule is O=C(OCCOc1ccc(F)cc1)c1ccc2c(c1)S(=O)(=O)N=C1CCCCCN12. The zero-order valence-electron chi connectivity index (χ0n) is 16.2. The maximum Gasteiger partial charge on any atom is 0.338 e. The first kappa shape index (κ1) is 20.3. The monoisotopic (exact) mass is 432 g/mol. The number of carbonyl (C=O) groups is 1. The lowest BCUT2D eigenvalue weighted by Gasteiger charge is -2.29. The molecule has 2 heterocycles. The zero-order valence-corrected chi connectivity index (χ0v) is 17.0. The van der Waals surface area contributed by atoms with Crippen LogP contribution in [0.2, 0.25) is 0 Å². The smallest absolute Gasteiger partial charge is 0.338 e. The zero-order chi connectivity index (χ0) is 21.1. The Morgan fingerprint density at radius 1 is 1.07 bits per heavy atom. The molecule has 0 saturated carbocycles. The van der Waals surface area contributed by atoms with E-state index < -0.39 is 16.0 Å². The van der Waals surface area contributed by atoms with Gasteiger partial charge in [-0.3, -0.25) is 0 Å². The van der Waals surface area contributed by atoms with Crippen molar-refractivity contribution >= 4 is 27.5 Å². The van der Waals surface area contributed by atoms with Crippen LogP contribution in [0.3, 0.4) is 0 Å². The third-order valence-corrected chi connectivity index (χ3v) is 6.32. The van der Waals surface area contributed by atoms with Gasteiger partial charge in [0.15, 0.2) is 0 Å². The highest BCUT2D eigenvalue weighted by atomic mass is 32.2. The van der Waals surface area contributed by atoms with Gasteiger partial charge in [-0.15, -0.1) is 4.40 Å². The van der Waals surface area contributed by atoms with Crippen LogP contribution in [-0.2, 0) is 14.8 Å². The molecule has 2 aliphatic rings. The van der Waals surface area contributed by atoms with Crippen molar-refractivity contribution in [1.29, 1.82) is 0 Å². The van der Waals surface area contributed by atoms with Gasteiger partial charge in [-0.25, -0.2) is 9.18 Å². The van der Waals surface area contributed by atoms with Crippen molar-refractivity contribution in [3.05, 3.63) is 53.8 Å². The molecule has 2 aromatic rings. The maximum absolute atomic E-state index is 12.9. The number of nitrogens with zero attached hydrogens (tertiary/aromatic N) is 2. The Kier molecular flexibility index (Phi) is 5.72. The summed E-state index contributed by atoms with van der Waals surface area (Å²) in [6.07, 6.45) is 3.51. The molecule has 0 aromatic heterocycles. The highest BCUT2D eigenvalue weighted by Crippen LogP contribution is 2.35. The molecule has 1 saturated heterocycles. The molecule has 2 aliphatic heterocycles. The minimum Gasteiger partial charge on any atom is -0.490 e. The van der Waals surface area contributed by atoms with Gasteiger partial charge in [-0.1, -0.05) is 6.42 Å². The summed E-state index contributed by atoms with van der Waals surface area (Å²) >= 11 is 0. The summed E-state index contributed by atoms with van der Waals surface area (Å²) in [5.41, 5.74) is 0.686. The summed E-state index contributed by atoms with van der Waals surface area (Å²) in [4.78, 5) is 14.3. The third-order valence-electron chi connectivity index (χ3n) is 4.98. The van der Waals surface area contributed by atoms with Crippen LogP contribution < -0.4 is 9.64 Å². The van der Waals surface area contributed by atoms with Crippen molar-refractivity contribution in [3.8, 4) is 5.75 Å². The molecule has 0 radical (unpaired) electrons. The number of fused-ring (bicyclic) bond motifs is 3. The summed E-state index contributed by atoms with van der Waals surface area (Å²) in [5.74, 6) is 0.000766. The Hall–Kier alpha value is -2.94. The number of carbonyl (C=O) groups excluding carboxylic acids is 1. The van der Waals surface area contributed by atoms with E-state index in [1.807, 2.05) is 4.90 Å². The number of rotatable bonds is 5. The molecule has 0 aliphatic carbocycles. The Balaban J connectivity index is 1.44. The van der Waals surface area contributed by atoms with Crippen LogP contribution in [0.25, 0.3) is 0 Å². The van der Waals surface area contributed by atoms with Crippen molar-refractivity contribution in [2.24, 2.45) is 4.40 Å². The van der Waals surface area contributed by atoms with Crippen LogP contribution in [0.4, 0.5) is 10.1 Å². The lowest BCUT2D eigenvalue weighted by atomic mass is 10.2. The second-order valence-corrected chi connectivity index (χ2v) is 8.64. The molecule has 0 N–H and O–H groups in total. The summed E-state index contributed by atoms with van der Waals surface area (Å²) in [5, 5.41) is 0. The minimum absolute atomic E-state index is 0.0187. The standard InChI is InChI=1S/C21H21FN2O5S/c22-16-6-8-17(9-7-16)28-12-13-29-21(25)15-5-10-18-19(14-15)30(26,27)23-20-4-2-1-3-11-24(18)20/h5-10,14H,1-4,11-13H2. The van der Waals surface area contributed by atoms with E-state index >= 15 is 0 Å². The van der Waals surface area contributed by atoms with Crippen molar-refractivity contribution in [2.75, 3.05) is 24.7 Å². The first-order valence-electron chi connectivity index (χ1n) is 9.75. The number of anilines is 1. The van der Waals surface area contributed by atoms with Crippen molar-refractivity contribution in [2.45, 2.75) is 30.6 Å². The molecule has 0 amide bonds. The largest absolute Gasteiger partial charge is 0.490 e. The topological polar surface area (TPSA) is 85.3 Å². The van der Waals surface area contributed by atoms with Crippen LogP contribution in [0.15, 0.2) is 51.8 Å². The summed E-state index contributed by atoms with van der Waals surface area (Å²) in [6.45, 7) is 0.752. The number of ether oxygens (including phenoxy) is 2. The van der Waals surface area contributed by atoms with Gasteiger partial charge < -0.3 is 14.4 Å². The number of amidine groups is 1. The predicted octanol–water partition coefficient (Wildman–Crippen LogP) is 3.54. The van der Waals surface area contributed by atoms with E-state index in [0.29, 0.717) is 30.2 Å². The Bertz CT molecular complexity index is 1080. The van der Waals surface area contributed by atoms with Crippen LogP contribution in [-0.4, -0.2) is 40.0 Å². The number of hydrogen-bond donors (Lipinski definition) is 0. The highest BCUT2D eigenvalue weighted by Gasteiger charge is 2.32. The fourth-order valence-corrected chi connectivity index (χ4v) is 4.80. The van der Waals surface area contributed by atoms with Gasteiger partial charge >= 0.3 is 5.97 Å². The Labute approximate surface area is 174 Å². The number of halogens is 1. The Morgan fingerprint density at radius 3 is 2.67 bits per heavy atom. The van der Waals surface area contributed by atoms with E-state index in [2.05, 4.69) is 4.40 Å². The number of esters is 1. The predicted molar refractivity (Wildman–Crippen MR) is 109 cm³/mol. The summed E-state index contributed by atoms with van der Waals surface area (Å²) in [7, 11) is -3.87. The molecular formula is C21H21FN2O5S. The highest BCUT2D eigenvalue weighted by molar-refractivity contribution is 7.90. The van der Waals surface area contributed by atoms with E-state index in [9.17, 15) is 17.6 Å². The van der Waals surface area contributed by atoms with E-state index in [1.54, 1.807) is 12.1 Å². The fourth-order valence-electron chi connectivity index (χ4n) is 3.51. The molecule has 7 nitrogen and oxygen atoms in total. The fraction of sp³-hybridized carbons (Fsp3) is 0.333. The van der Waals surface area contributed by atoms with E-state index in [4.69, 9.17) is 9.47 Å². The third kappa shape index (κ3) is 4.30. The second-order valence-electron chi connectivity index (χ2n) is 7.07. The number of benzene rings is 2. The van der Waals surface area contributed by atoms with Gasteiger partial charge in [0.1, 0.15) is 35.5 Å². The average Bonchev–Trinajstić information content (AvgIpc) is 2.97. The normalized spacial score (nSPS) is 17.2. The van der Waals surface area contributed by atoms with Gasteiger partial charge in [0.05, 0.1) is 11.3 Å². The number of sulfonamides is 1. The molecule has 0 bridgehead atoms. The molecule has 0 spiro atoms. The molecular weight excluding hydrogens is 411 g/mol. The van der Waals surface area contributed by atoms with Crippen molar-refractivity contribution in [3.63, 3.8) is 0 Å². The van der Waals surface area contributed by atoms with Crippen molar-refractivity contribution in [1.82, 2.24) is 0 Å². The molecule has 4 rings (SSSR count). The lowest BCUT2D eigenvalue weighted by Crippen LogP contribution is -2.35. The van der Waals surface area contributed by atoms with E-state index in [0.717, 1.165) is 19.3 Å². The first-order valence-corrected chi connectivity index (χ1v) is 11.2. The van der Waals surface area contributed by atoms with Gasteiger partial charge in [0.25, 0.3) is 10.0 Å². The van der Waals surface area contributed by atoms with Crippen LogP contribution in [0, 0.1) is 5.82 Å². The molecule has 158 valence electrons. The molecule has 9 heteroatoms. The minimum atomic E-state index is -3.87. The Morgan fingerprint density at radius 2 is 1.87 bits per heavy atom. The van der Waals surface area contributed by atoms with Crippen LogP contribution >= 0.6 is 0 Å². The molecule has 0 atom stereocenters. The van der Waals surface area contributed by atoms with Gasteiger partial charge in [-0.05, 0) is 55.3 Å². The van der Waals surface area contributed by atoms with Gasteiger partial charge in [0.2, 0.25) is 0 Å². The van der Waals surface area contributed by atoms with Gasteiger partial charge in [0, 0.05) is 13.0 Å². The summed E-state index contributed by atoms with van der Waals surface area (Å²) in [6, 6.07) is 10.0. The molecule has 2 aromatic carbocycles. The molecule has 1 fully saturated rings. The molecule has 30 heavy (non-hydrogen) atoms.